The molecule has 4 nitrogen and oxygen atoms in total. The zero-order valence-electron chi connectivity index (χ0n) is 11.4. The van der Waals surface area contributed by atoms with Gasteiger partial charge in [0.25, 0.3) is 0 Å². The predicted molar refractivity (Wildman–Crippen MR) is 72.6 cm³/mol. The second-order valence-corrected chi connectivity index (χ2v) is 6.13. The molecular formula is C14H27N3O. The Bertz CT molecular complexity index is 260. The standard InChI is InChI=1S/C14H27N3O/c15-13-10-18-11-14(13)17-8-4-12(5-9-17)16-6-2-1-3-7-16/h12-14H,1-11,15H2/t13-,14?/m0/s1. The fourth-order valence-corrected chi connectivity index (χ4v) is 3.80. The molecule has 3 fully saturated rings. The summed E-state index contributed by atoms with van der Waals surface area (Å²) in [5.74, 6) is 0. The molecule has 2 N–H and O–H groups in total. The van der Waals surface area contributed by atoms with Crippen LogP contribution in [0.2, 0.25) is 0 Å². The van der Waals surface area contributed by atoms with Crippen LogP contribution in [0.3, 0.4) is 0 Å². The van der Waals surface area contributed by atoms with E-state index in [0.717, 1.165) is 19.3 Å². The molecule has 0 aromatic heterocycles. The molecule has 18 heavy (non-hydrogen) atoms. The number of hydrogen-bond acceptors (Lipinski definition) is 4. The average molecular weight is 253 g/mol. The Balaban J connectivity index is 1.48. The van der Waals surface area contributed by atoms with Gasteiger partial charge in [0, 0.05) is 25.2 Å². The molecule has 1 unspecified atom stereocenters. The normalized spacial score (nSPS) is 37.2. The maximum atomic E-state index is 6.11. The van der Waals surface area contributed by atoms with Crippen molar-refractivity contribution in [2.24, 2.45) is 5.73 Å². The van der Waals surface area contributed by atoms with Crippen LogP contribution in [0.1, 0.15) is 32.1 Å². The van der Waals surface area contributed by atoms with E-state index in [1.807, 2.05) is 0 Å². The number of piperidine rings is 2. The van der Waals surface area contributed by atoms with Crippen molar-refractivity contribution in [2.75, 3.05) is 39.4 Å². The van der Waals surface area contributed by atoms with Crippen LogP contribution in [0, 0.1) is 0 Å². The lowest BCUT2D eigenvalue weighted by atomic mass is 9.98. The molecule has 0 saturated carbocycles. The van der Waals surface area contributed by atoms with Crippen molar-refractivity contribution in [3.8, 4) is 0 Å². The molecule has 0 amide bonds. The highest BCUT2D eigenvalue weighted by molar-refractivity contribution is 4.90. The topological polar surface area (TPSA) is 41.7 Å². The molecule has 3 aliphatic rings. The minimum atomic E-state index is 0.233. The van der Waals surface area contributed by atoms with Crippen LogP contribution >= 0.6 is 0 Å². The molecule has 2 atom stereocenters. The van der Waals surface area contributed by atoms with E-state index in [2.05, 4.69) is 9.80 Å². The second-order valence-electron chi connectivity index (χ2n) is 6.13. The van der Waals surface area contributed by atoms with Gasteiger partial charge in [-0.3, -0.25) is 4.90 Å². The molecule has 3 saturated heterocycles. The van der Waals surface area contributed by atoms with Gasteiger partial charge in [-0.05, 0) is 38.8 Å². The number of nitrogens with zero attached hydrogens (tertiary/aromatic N) is 2. The lowest BCUT2D eigenvalue weighted by Crippen LogP contribution is -2.53. The van der Waals surface area contributed by atoms with Crippen LogP contribution in [0.15, 0.2) is 0 Å². The smallest absolute Gasteiger partial charge is 0.0638 e. The first kappa shape index (κ1) is 12.9. The number of ether oxygens (including phenoxy) is 1. The van der Waals surface area contributed by atoms with Crippen molar-refractivity contribution in [1.82, 2.24) is 9.80 Å². The molecule has 0 bridgehead atoms. The molecule has 3 aliphatic heterocycles. The molecule has 3 heterocycles. The molecule has 4 heteroatoms. The van der Waals surface area contributed by atoms with E-state index < -0.39 is 0 Å². The summed E-state index contributed by atoms with van der Waals surface area (Å²) in [5, 5.41) is 0. The first-order valence-electron chi connectivity index (χ1n) is 7.66. The Morgan fingerprint density at radius 2 is 1.56 bits per heavy atom. The monoisotopic (exact) mass is 253 g/mol. The van der Waals surface area contributed by atoms with Gasteiger partial charge in [-0.15, -0.1) is 0 Å². The number of likely N-dealkylation sites (tertiary alicyclic amines) is 2. The Hall–Kier alpha value is -0.160. The van der Waals surface area contributed by atoms with Gasteiger partial charge in [-0.25, -0.2) is 0 Å². The number of rotatable bonds is 2. The third kappa shape index (κ3) is 2.72. The highest BCUT2D eigenvalue weighted by Gasteiger charge is 2.34. The molecule has 0 aromatic carbocycles. The van der Waals surface area contributed by atoms with Gasteiger partial charge in [0.2, 0.25) is 0 Å². The predicted octanol–water partition coefficient (Wildman–Crippen LogP) is 0.663. The Labute approximate surface area is 110 Å². The molecule has 104 valence electrons. The summed E-state index contributed by atoms with van der Waals surface area (Å²) in [7, 11) is 0. The van der Waals surface area contributed by atoms with Crippen LogP contribution in [-0.2, 0) is 4.74 Å². The zero-order valence-corrected chi connectivity index (χ0v) is 11.4. The number of hydrogen-bond donors (Lipinski definition) is 1. The van der Waals surface area contributed by atoms with Crippen LogP contribution in [0.5, 0.6) is 0 Å². The van der Waals surface area contributed by atoms with Crippen LogP contribution < -0.4 is 5.73 Å². The van der Waals surface area contributed by atoms with Gasteiger partial charge in [0.15, 0.2) is 0 Å². The molecule has 0 radical (unpaired) electrons. The van der Waals surface area contributed by atoms with E-state index >= 15 is 0 Å². The Kier molecular flexibility index (Phi) is 4.19. The van der Waals surface area contributed by atoms with Crippen LogP contribution in [0.25, 0.3) is 0 Å². The minimum Gasteiger partial charge on any atom is -0.378 e. The fraction of sp³-hybridized carbons (Fsp3) is 1.00. The lowest BCUT2D eigenvalue weighted by molar-refractivity contribution is 0.0647. The van der Waals surface area contributed by atoms with Gasteiger partial charge in [0.05, 0.1) is 19.3 Å². The van der Waals surface area contributed by atoms with Crippen molar-refractivity contribution < 1.29 is 4.74 Å². The van der Waals surface area contributed by atoms with Crippen molar-refractivity contribution in [2.45, 2.75) is 50.2 Å². The van der Waals surface area contributed by atoms with Gasteiger partial charge < -0.3 is 15.4 Å². The third-order valence-electron chi connectivity index (χ3n) is 4.97. The molecule has 0 aromatic rings. The Morgan fingerprint density at radius 3 is 2.17 bits per heavy atom. The molecule has 0 spiro atoms. The van der Waals surface area contributed by atoms with Gasteiger partial charge in [-0.2, -0.15) is 0 Å². The quantitative estimate of drug-likeness (QED) is 0.785. The summed E-state index contributed by atoms with van der Waals surface area (Å²) in [5.41, 5.74) is 6.11. The average Bonchev–Trinajstić information content (AvgIpc) is 2.86. The lowest BCUT2D eigenvalue weighted by Gasteiger charge is -2.42. The summed E-state index contributed by atoms with van der Waals surface area (Å²) < 4.78 is 5.49. The largest absolute Gasteiger partial charge is 0.378 e. The summed E-state index contributed by atoms with van der Waals surface area (Å²) in [6.07, 6.45) is 6.89. The molecular weight excluding hydrogens is 226 g/mol. The summed E-state index contributed by atoms with van der Waals surface area (Å²) in [6.45, 7) is 6.67. The van der Waals surface area contributed by atoms with E-state index in [1.165, 1.54) is 58.3 Å². The maximum absolute atomic E-state index is 6.11. The van der Waals surface area contributed by atoms with Crippen LogP contribution in [-0.4, -0.2) is 67.3 Å². The maximum Gasteiger partial charge on any atom is 0.0638 e. The van der Waals surface area contributed by atoms with E-state index in [0.29, 0.717) is 6.04 Å². The fourth-order valence-electron chi connectivity index (χ4n) is 3.80. The third-order valence-corrected chi connectivity index (χ3v) is 4.97. The van der Waals surface area contributed by atoms with E-state index in [4.69, 9.17) is 10.5 Å². The highest BCUT2D eigenvalue weighted by Crippen LogP contribution is 2.23. The first-order valence-corrected chi connectivity index (χ1v) is 7.66. The summed E-state index contributed by atoms with van der Waals surface area (Å²) in [4.78, 5) is 5.30. The van der Waals surface area contributed by atoms with Gasteiger partial charge in [-0.1, -0.05) is 6.42 Å². The first-order chi connectivity index (χ1) is 8.84. The number of nitrogens with two attached hydrogens (primary N) is 1. The molecule has 0 aliphatic carbocycles. The minimum absolute atomic E-state index is 0.233. The van der Waals surface area contributed by atoms with Gasteiger partial charge >= 0.3 is 0 Å². The van der Waals surface area contributed by atoms with Crippen molar-refractivity contribution in [3.63, 3.8) is 0 Å². The van der Waals surface area contributed by atoms with E-state index in [9.17, 15) is 0 Å². The van der Waals surface area contributed by atoms with Gasteiger partial charge in [0.1, 0.15) is 0 Å². The Morgan fingerprint density at radius 1 is 0.833 bits per heavy atom. The van der Waals surface area contributed by atoms with Crippen molar-refractivity contribution in [1.29, 1.82) is 0 Å². The van der Waals surface area contributed by atoms with Crippen molar-refractivity contribution >= 4 is 0 Å². The van der Waals surface area contributed by atoms with E-state index in [1.54, 1.807) is 0 Å². The second kappa shape index (κ2) is 5.87. The SMILES string of the molecule is N[C@H]1COCC1N1CCC(N2CCCCC2)CC1. The van der Waals surface area contributed by atoms with E-state index in [-0.39, 0.29) is 6.04 Å². The van der Waals surface area contributed by atoms with Crippen LogP contribution in [0.4, 0.5) is 0 Å². The summed E-state index contributed by atoms with van der Waals surface area (Å²) in [6, 6.07) is 1.55. The zero-order chi connectivity index (χ0) is 12.4. The highest BCUT2D eigenvalue weighted by atomic mass is 16.5. The molecule has 3 rings (SSSR count). The summed E-state index contributed by atoms with van der Waals surface area (Å²) >= 11 is 0. The van der Waals surface area contributed by atoms with Crippen molar-refractivity contribution in [3.05, 3.63) is 0 Å².